The number of benzene rings is 1. The molecule has 0 saturated carbocycles. The van der Waals surface area contributed by atoms with Crippen LogP contribution in [0.2, 0.25) is 5.02 Å². The van der Waals surface area contributed by atoms with E-state index in [1.165, 1.54) is 0 Å². The van der Waals surface area contributed by atoms with Crippen molar-refractivity contribution < 1.29 is 31.5 Å². The highest BCUT2D eigenvalue weighted by Gasteiger charge is 2.38. The highest BCUT2D eigenvalue weighted by atomic mass is 35.5. The highest BCUT2D eigenvalue weighted by molar-refractivity contribution is 7.91. The van der Waals surface area contributed by atoms with Gasteiger partial charge in [0.25, 0.3) is 5.91 Å². The fourth-order valence-corrected chi connectivity index (χ4v) is 4.03. The maximum absolute atomic E-state index is 12.6. The van der Waals surface area contributed by atoms with E-state index in [9.17, 15) is 31.5 Å². The van der Waals surface area contributed by atoms with Gasteiger partial charge in [0, 0.05) is 0 Å². The molecule has 2 N–H and O–H groups in total. The van der Waals surface area contributed by atoms with Gasteiger partial charge in [0.15, 0.2) is 9.84 Å². The summed E-state index contributed by atoms with van der Waals surface area (Å²) in [6.45, 7) is 0. The monoisotopic (exact) mass is 357 g/mol. The molecule has 1 amide bonds. The van der Waals surface area contributed by atoms with Crippen molar-refractivity contribution in [3.05, 3.63) is 34.3 Å². The second-order valence-corrected chi connectivity index (χ2v) is 7.48. The largest absolute Gasteiger partial charge is 0.416 e. The van der Waals surface area contributed by atoms with E-state index in [1.807, 2.05) is 0 Å². The van der Waals surface area contributed by atoms with Crippen LogP contribution in [0, 0.1) is 0 Å². The van der Waals surface area contributed by atoms with Gasteiger partial charge in [-0.25, -0.2) is 8.42 Å². The van der Waals surface area contributed by atoms with Crippen LogP contribution in [0.5, 0.6) is 0 Å². The quantitative estimate of drug-likeness (QED) is 0.834. The summed E-state index contributed by atoms with van der Waals surface area (Å²) >= 11 is 5.71. The average Bonchev–Trinajstić information content (AvgIpc) is 2.61. The molecule has 1 fully saturated rings. The minimum absolute atomic E-state index is 0.208. The standard InChI is InChI=1S/C12H11ClF3NO4S/c13-8-2-1-6(12(14,15)16)3-7(8)11(19)17-9-4-22(20,21)5-10(9)18/h1-3,9-10,18H,4-5H2,(H,17,19). The molecule has 2 rings (SSSR count). The molecule has 122 valence electrons. The van der Waals surface area contributed by atoms with Crippen LogP contribution >= 0.6 is 11.6 Å². The molecular weight excluding hydrogens is 347 g/mol. The van der Waals surface area contributed by atoms with Gasteiger partial charge >= 0.3 is 6.18 Å². The second-order valence-electron chi connectivity index (χ2n) is 4.92. The summed E-state index contributed by atoms with van der Waals surface area (Å²) in [5, 5.41) is 11.6. The molecule has 1 aliphatic heterocycles. The Bertz CT molecular complexity index is 705. The summed E-state index contributed by atoms with van der Waals surface area (Å²) in [6, 6.07) is 1.16. The Kier molecular flexibility index (Phi) is 4.42. The number of sulfone groups is 1. The van der Waals surface area contributed by atoms with Crippen molar-refractivity contribution in [3.63, 3.8) is 0 Å². The average molecular weight is 358 g/mol. The first-order valence-corrected chi connectivity index (χ1v) is 8.25. The van der Waals surface area contributed by atoms with Crippen LogP contribution in [0.15, 0.2) is 18.2 Å². The van der Waals surface area contributed by atoms with Gasteiger partial charge in [-0.05, 0) is 18.2 Å². The normalized spacial score (nSPS) is 24.2. The SMILES string of the molecule is O=C(NC1CS(=O)(=O)CC1O)c1cc(C(F)(F)F)ccc1Cl. The van der Waals surface area contributed by atoms with Gasteiger partial charge in [0.1, 0.15) is 0 Å². The first-order valence-electron chi connectivity index (χ1n) is 6.06. The molecule has 0 radical (unpaired) electrons. The van der Waals surface area contributed by atoms with Gasteiger partial charge < -0.3 is 10.4 Å². The molecule has 1 aliphatic rings. The Labute approximate surface area is 129 Å². The van der Waals surface area contributed by atoms with Crippen molar-refractivity contribution in [2.75, 3.05) is 11.5 Å². The Balaban J connectivity index is 2.23. The number of aliphatic hydroxyl groups excluding tert-OH is 1. The van der Waals surface area contributed by atoms with Crippen LogP contribution in [0.25, 0.3) is 0 Å². The van der Waals surface area contributed by atoms with Gasteiger partial charge in [0.2, 0.25) is 0 Å². The van der Waals surface area contributed by atoms with Crippen LogP contribution in [-0.2, 0) is 16.0 Å². The molecule has 0 aromatic heterocycles. The third-order valence-corrected chi connectivity index (χ3v) is 5.22. The molecule has 1 saturated heterocycles. The zero-order valence-electron chi connectivity index (χ0n) is 10.9. The van der Waals surface area contributed by atoms with Gasteiger partial charge in [-0.15, -0.1) is 0 Å². The molecule has 2 unspecified atom stereocenters. The lowest BCUT2D eigenvalue weighted by Crippen LogP contribution is -2.42. The van der Waals surface area contributed by atoms with Gasteiger partial charge in [-0.3, -0.25) is 4.79 Å². The lowest BCUT2D eigenvalue weighted by atomic mass is 10.1. The number of hydrogen-bond donors (Lipinski definition) is 2. The summed E-state index contributed by atoms with van der Waals surface area (Å²) in [6.07, 6.45) is -5.95. The number of hydrogen-bond acceptors (Lipinski definition) is 4. The lowest BCUT2D eigenvalue weighted by Gasteiger charge is -2.16. The summed E-state index contributed by atoms with van der Waals surface area (Å²) < 4.78 is 60.6. The van der Waals surface area contributed by atoms with Gasteiger partial charge in [-0.1, -0.05) is 11.6 Å². The van der Waals surface area contributed by atoms with Crippen LogP contribution in [0.1, 0.15) is 15.9 Å². The number of rotatable bonds is 2. The van der Waals surface area contributed by atoms with E-state index < -0.39 is 56.7 Å². The zero-order chi connectivity index (χ0) is 16.7. The number of amides is 1. The summed E-state index contributed by atoms with van der Waals surface area (Å²) in [5.41, 5.74) is -1.49. The zero-order valence-corrected chi connectivity index (χ0v) is 12.5. The molecule has 2 atom stereocenters. The molecule has 5 nitrogen and oxygen atoms in total. The molecule has 1 aromatic carbocycles. The third kappa shape index (κ3) is 3.71. The number of carbonyl (C=O) groups is 1. The van der Waals surface area contributed by atoms with Crippen molar-refractivity contribution in [3.8, 4) is 0 Å². The predicted molar refractivity (Wildman–Crippen MR) is 72.4 cm³/mol. The van der Waals surface area contributed by atoms with E-state index in [4.69, 9.17) is 11.6 Å². The molecule has 1 heterocycles. The fourth-order valence-electron chi connectivity index (χ4n) is 2.09. The molecule has 0 bridgehead atoms. The van der Waals surface area contributed by atoms with E-state index in [-0.39, 0.29) is 5.02 Å². The van der Waals surface area contributed by atoms with Crippen molar-refractivity contribution in [1.29, 1.82) is 0 Å². The van der Waals surface area contributed by atoms with Crippen LogP contribution in [-0.4, -0.2) is 43.1 Å². The summed E-state index contributed by atoms with van der Waals surface area (Å²) in [4.78, 5) is 12.0. The topological polar surface area (TPSA) is 83.5 Å². The van der Waals surface area contributed by atoms with Crippen molar-refractivity contribution in [1.82, 2.24) is 5.32 Å². The molecule has 10 heteroatoms. The number of carbonyl (C=O) groups excluding carboxylic acids is 1. The molecule has 1 aromatic rings. The first-order chi connectivity index (χ1) is 9.99. The summed E-state index contributed by atoms with van der Waals surface area (Å²) in [7, 11) is -3.49. The summed E-state index contributed by atoms with van der Waals surface area (Å²) in [5.74, 6) is -1.96. The second kappa shape index (κ2) is 5.71. The van der Waals surface area contributed by atoms with E-state index in [2.05, 4.69) is 5.32 Å². The van der Waals surface area contributed by atoms with Crippen LogP contribution in [0.3, 0.4) is 0 Å². The molecular formula is C12H11ClF3NO4S. The molecule has 22 heavy (non-hydrogen) atoms. The Morgan fingerprint density at radius 3 is 2.45 bits per heavy atom. The lowest BCUT2D eigenvalue weighted by molar-refractivity contribution is -0.137. The Morgan fingerprint density at radius 2 is 1.95 bits per heavy atom. The van der Waals surface area contributed by atoms with Crippen LogP contribution in [0.4, 0.5) is 13.2 Å². The predicted octanol–water partition coefficient (Wildman–Crippen LogP) is 1.25. The van der Waals surface area contributed by atoms with E-state index in [0.717, 1.165) is 12.1 Å². The van der Waals surface area contributed by atoms with E-state index in [0.29, 0.717) is 6.07 Å². The Morgan fingerprint density at radius 1 is 1.32 bits per heavy atom. The number of aliphatic hydroxyl groups is 1. The first kappa shape index (κ1) is 17.0. The van der Waals surface area contributed by atoms with Crippen LogP contribution < -0.4 is 5.32 Å². The smallest absolute Gasteiger partial charge is 0.390 e. The van der Waals surface area contributed by atoms with Crippen molar-refractivity contribution >= 4 is 27.3 Å². The van der Waals surface area contributed by atoms with E-state index in [1.54, 1.807) is 0 Å². The van der Waals surface area contributed by atoms with Gasteiger partial charge in [-0.2, -0.15) is 13.2 Å². The van der Waals surface area contributed by atoms with E-state index >= 15 is 0 Å². The third-order valence-electron chi connectivity index (χ3n) is 3.18. The fraction of sp³-hybridized carbons (Fsp3) is 0.417. The maximum atomic E-state index is 12.6. The molecule has 0 spiro atoms. The maximum Gasteiger partial charge on any atom is 0.416 e. The molecule has 0 aliphatic carbocycles. The minimum atomic E-state index is -4.64. The van der Waals surface area contributed by atoms with Gasteiger partial charge in [0.05, 0.1) is 39.8 Å². The number of alkyl halides is 3. The van der Waals surface area contributed by atoms with Crippen molar-refractivity contribution in [2.24, 2.45) is 0 Å². The highest BCUT2D eigenvalue weighted by Crippen LogP contribution is 2.31. The Hall–Kier alpha value is -1.32. The number of nitrogens with one attached hydrogen (secondary N) is 1. The minimum Gasteiger partial charge on any atom is -0.390 e. The van der Waals surface area contributed by atoms with Crippen molar-refractivity contribution in [2.45, 2.75) is 18.3 Å². The number of halogens is 4.